The van der Waals surface area contributed by atoms with Gasteiger partial charge in [-0.3, -0.25) is 0 Å². The summed E-state index contributed by atoms with van der Waals surface area (Å²) in [7, 11) is 3.94. The second-order valence-corrected chi connectivity index (χ2v) is 8.42. The molecule has 3 N–H and O–H groups in total. The average Bonchev–Trinajstić information content (AvgIpc) is 2.63. The minimum Gasteiger partial charge on any atom is -0.362 e. The second-order valence-electron chi connectivity index (χ2n) is 7.54. The zero-order chi connectivity index (χ0) is 21.0. The second kappa shape index (κ2) is 9.50. The van der Waals surface area contributed by atoms with Gasteiger partial charge in [-0.1, -0.05) is 23.2 Å². The molecular weight excluding hydrogens is 411 g/mol. The van der Waals surface area contributed by atoms with Crippen LogP contribution >= 0.6 is 23.2 Å². The number of carbonyl (C=O) groups excluding carboxylic acids is 1. The molecule has 1 aromatic heterocycles. The maximum Gasteiger partial charge on any atom is 0.319 e. The number of benzene rings is 1. The van der Waals surface area contributed by atoms with Crippen LogP contribution in [-0.4, -0.2) is 42.2 Å². The van der Waals surface area contributed by atoms with Gasteiger partial charge in [0.25, 0.3) is 0 Å². The quantitative estimate of drug-likeness (QED) is 0.632. The molecule has 3 rings (SSSR count). The summed E-state index contributed by atoms with van der Waals surface area (Å²) >= 11 is 11.9. The van der Waals surface area contributed by atoms with E-state index >= 15 is 0 Å². The summed E-state index contributed by atoms with van der Waals surface area (Å²) in [4.78, 5) is 23.2. The van der Waals surface area contributed by atoms with Gasteiger partial charge in [0, 0.05) is 53.7 Å². The first-order chi connectivity index (χ1) is 13.8. The Morgan fingerprint density at radius 3 is 2.31 bits per heavy atom. The summed E-state index contributed by atoms with van der Waals surface area (Å²) in [5, 5.41) is 10.2. The van der Waals surface area contributed by atoms with Gasteiger partial charge in [-0.25, -0.2) is 9.78 Å². The van der Waals surface area contributed by atoms with Crippen molar-refractivity contribution >= 4 is 46.7 Å². The molecule has 1 aliphatic carbocycles. The molecule has 0 radical (unpaired) electrons. The Morgan fingerprint density at radius 1 is 1.07 bits per heavy atom. The molecule has 7 nitrogen and oxygen atoms in total. The van der Waals surface area contributed by atoms with E-state index < -0.39 is 0 Å². The van der Waals surface area contributed by atoms with Gasteiger partial charge in [0.05, 0.1) is 0 Å². The number of nitrogens with one attached hydrogen (secondary N) is 3. The Balaban J connectivity index is 1.48. The summed E-state index contributed by atoms with van der Waals surface area (Å²) in [5.41, 5.74) is 1.61. The molecule has 1 aromatic carbocycles. The van der Waals surface area contributed by atoms with Crippen LogP contribution in [0.25, 0.3) is 0 Å². The number of nitrogens with zero attached hydrogens (tertiary/aromatic N) is 3. The first-order valence-corrected chi connectivity index (χ1v) is 10.4. The number of halogens is 2. The molecule has 0 spiro atoms. The lowest BCUT2D eigenvalue weighted by atomic mass is 9.91. The first-order valence-electron chi connectivity index (χ1n) is 9.61. The van der Waals surface area contributed by atoms with Gasteiger partial charge in [0.15, 0.2) is 0 Å². The highest BCUT2D eigenvalue weighted by Gasteiger charge is 2.23. The van der Waals surface area contributed by atoms with Crippen molar-refractivity contribution in [3.63, 3.8) is 0 Å². The third kappa shape index (κ3) is 6.11. The van der Waals surface area contributed by atoms with Crippen LogP contribution in [0, 0.1) is 6.92 Å². The SMILES string of the molecule is Cc1cnc(NC2CCC(NC(=O)Nc3cc(Cl)cc(Cl)c3)CC2)nc1N(C)C. The van der Waals surface area contributed by atoms with Crippen LogP contribution < -0.4 is 20.9 Å². The molecule has 0 aliphatic heterocycles. The fraction of sp³-hybridized carbons (Fsp3) is 0.450. The van der Waals surface area contributed by atoms with E-state index in [4.69, 9.17) is 23.2 Å². The highest BCUT2D eigenvalue weighted by Crippen LogP contribution is 2.24. The van der Waals surface area contributed by atoms with Crippen molar-refractivity contribution in [3.05, 3.63) is 40.0 Å². The highest BCUT2D eigenvalue weighted by molar-refractivity contribution is 6.35. The lowest BCUT2D eigenvalue weighted by Gasteiger charge is -2.30. The molecule has 1 aliphatic rings. The molecule has 0 saturated heterocycles. The van der Waals surface area contributed by atoms with E-state index in [2.05, 4.69) is 25.9 Å². The smallest absolute Gasteiger partial charge is 0.319 e. The topological polar surface area (TPSA) is 82.2 Å². The van der Waals surface area contributed by atoms with Crippen molar-refractivity contribution in [2.24, 2.45) is 0 Å². The Kier molecular flexibility index (Phi) is 7.03. The number of aromatic nitrogens is 2. The number of urea groups is 1. The number of amides is 2. The van der Waals surface area contributed by atoms with Gasteiger partial charge in [0.2, 0.25) is 5.95 Å². The van der Waals surface area contributed by atoms with E-state index in [1.165, 1.54) is 0 Å². The third-order valence-corrected chi connectivity index (χ3v) is 5.32. The zero-order valence-corrected chi connectivity index (χ0v) is 18.3. The molecule has 1 saturated carbocycles. The van der Waals surface area contributed by atoms with Gasteiger partial charge in [-0.15, -0.1) is 0 Å². The molecule has 2 aromatic rings. The third-order valence-electron chi connectivity index (χ3n) is 4.88. The number of rotatable bonds is 5. The van der Waals surface area contributed by atoms with Crippen LogP contribution in [-0.2, 0) is 0 Å². The van der Waals surface area contributed by atoms with Crippen molar-refractivity contribution in [2.45, 2.75) is 44.7 Å². The molecule has 9 heteroatoms. The Labute approximate surface area is 181 Å². The lowest BCUT2D eigenvalue weighted by Crippen LogP contribution is -2.42. The maximum atomic E-state index is 12.3. The highest BCUT2D eigenvalue weighted by atomic mass is 35.5. The van der Waals surface area contributed by atoms with Gasteiger partial charge in [-0.05, 0) is 50.8 Å². The molecule has 1 heterocycles. The molecule has 0 unspecified atom stereocenters. The molecule has 0 atom stereocenters. The van der Waals surface area contributed by atoms with E-state index in [0.29, 0.717) is 27.7 Å². The number of hydrogen-bond acceptors (Lipinski definition) is 5. The van der Waals surface area contributed by atoms with Gasteiger partial charge in [-0.2, -0.15) is 4.98 Å². The standard InChI is InChI=1S/C20H26Cl2N6O/c1-12-11-23-19(27-18(12)28(2)3)24-15-4-6-16(7-5-15)25-20(29)26-17-9-13(21)8-14(22)10-17/h8-11,15-16H,4-7H2,1-3H3,(H,23,24,27)(H2,25,26,29). The Morgan fingerprint density at radius 2 is 1.69 bits per heavy atom. The largest absolute Gasteiger partial charge is 0.362 e. The fourth-order valence-corrected chi connectivity index (χ4v) is 4.02. The average molecular weight is 437 g/mol. The minimum absolute atomic E-state index is 0.124. The number of hydrogen-bond donors (Lipinski definition) is 3. The molecule has 0 bridgehead atoms. The molecular formula is C20H26Cl2N6O. The monoisotopic (exact) mass is 436 g/mol. The van der Waals surface area contributed by atoms with Crippen molar-refractivity contribution in [3.8, 4) is 0 Å². The lowest BCUT2D eigenvalue weighted by molar-refractivity contribution is 0.243. The van der Waals surface area contributed by atoms with Crippen LogP contribution in [0.3, 0.4) is 0 Å². The molecule has 1 fully saturated rings. The van der Waals surface area contributed by atoms with Crippen LogP contribution in [0.15, 0.2) is 24.4 Å². The predicted octanol–water partition coefficient (Wildman–Crippen LogP) is 4.70. The van der Waals surface area contributed by atoms with Crippen molar-refractivity contribution in [1.29, 1.82) is 0 Å². The molecule has 156 valence electrons. The van der Waals surface area contributed by atoms with Crippen LogP contribution in [0.2, 0.25) is 10.0 Å². The number of aryl methyl sites for hydroxylation is 1. The van der Waals surface area contributed by atoms with Crippen molar-refractivity contribution in [2.75, 3.05) is 29.6 Å². The summed E-state index contributed by atoms with van der Waals surface area (Å²) in [6.45, 7) is 2.00. The summed E-state index contributed by atoms with van der Waals surface area (Å²) in [6, 6.07) is 5.12. The van der Waals surface area contributed by atoms with E-state index in [0.717, 1.165) is 37.1 Å². The summed E-state index contributed by atoms with van der Waals surface area (Å²) in [5.74, 6) is 1.56. The molecule has 2 amide bonds. The maximum absolute atomic E-state index is 12.3. The minimum atomic E-state index is -0.253. The van der Waals surface area contributed by atoms with Gasteiger partial charge < -0.3 is 20.9 Å². The molecule has 29 heavy (non-hydrogen) atoms. The van der Waals surface area contributed by atoms with E-state index in [-0.39, 0.29) is 12.1 Å². The zero-order valence-electron chi connectivity index (χ0n) is 16.8. The summed E-state index contributed by atoms with van der Waals surface area (Å²) < 4.78 is 0. The van der Waals surface area contributed by atoms with Gasteiger partial charge in [0.1, 0.15) is 5.82 Å². The van der Waals surface area contributed by atoms with Crippen LogP contribution in [0.5, 0.6) is 0 Å². The van der Waals surface area contributed by atoms with E-state index in [1.54, 1.807) is 18.2 Å². The van der Waals surface area contributed by atoms with Crippen molar-refractivity contribution < 1.29 is 4.79 Å². The summed E-state index contributed by atoms with van der Waals surface area (Å²) in [6.07, 6.45) is 5.47. The van der Waals surface area contributed by atoms with E-state index in [9.17, 15) is 4.79 Å². The Hall–Kier alpha value is -2.25. The fourth-order valence-electron chi connectivity index (χ4n) is 3.50. The van der Waals surface area contributed by atoms with Crippen LogP contribution in [0.4, 0.5) is 22.2 Å². The van der Waals surface area contributed by atoms with Crippen LogP contribution in [0.1, 0.15) is 31.2 Å². The number of carbonyl (C=O) groups is 1. The van der Waals surface area contributed by atoms with E-state index in [1.807, 2.05) is 32.1 Å². The number of anilines is 3. The van der Waals surface area contributed by atoms with Gasteiger partial charge >= 0.3 is 6.03 Å². The van der Waals surface area contributed by atoms with Crippen molar-refractivity contribution in [1.82, 2.24) is 15.3 Å². The normalized spacial score (nSPS) is 18.8. The Bertz CT molecular complexity index is 848. The first kappa shape index (κ1) is 21.5. The predicted molar refractivity (Wildman–Crippen MR) is 119 cm³/mol.